The van der Waals surface area contributed by atoms with Crippen LogP contribution in [-0.4, -0.2) is 50.3 Å². The SMILES string of the molecule is C=CC(=O)OCCCCCCOc1ccc(-c2ccc(C(=O)Oc3ccc(C(C)=C(C)c4ccc(OC(=O)c5ccc(-c6ccc(OCCCCCCOC(=O)C=C)cc6)cc5)cc4)cc3)cc2)cc1. The molecule has 0 saturated carbocycles. The Morgan fingerprint density at radius 1 is 0.357 bits per heavy atom. The van der Waals surface area contributed by atoms with Crippen molar-refractivity contribution in [2.24, 2.45) is 0 Å². The molecule has 70 heavy (non-hydrogen) atoms. The first-order chi connectivity index (χ1) is 34.1. The predicted molar refractivity (Wildman–Crippen MR) is 275 cm³/mol. The number of ether oxygens (including phenoxy) is 6. The van der Waals surface area contributed by atoms with Gasteiger partial charge in [0.1, 0.15) is 23.0 Å². The highest BCUT2D eigenvalue weighted by atomic mass is 16.5. The van der Waals surface area contributed by atoms with Crippen LogP contribution < -0.4 is 18.9 Å². The Morgan fingerprint density at radius 3 is 0.943 bits per heavy atom. The van der Waals surface area contributed by atoms with Gasteiger partial charge in [-0.1, -0.05) is 86.0 Å². The van der Waals surface area contributed by atoms with E-state index in [2.05, 4.69) is 13.2 Å². The van der Waals surface area contributed by atoms with E-state index in [-0.39, 0.29) is 11.9 Å². The Hall–Kier alpha value is -7.98. The average molecular weight is 941 g/mol. The molecule has 0 aliphatic carbocycles. The predicted octanol–water partition coefficient (Wildman–Crippen LogP) is 13.7. The van der Waals surface area contributed by atoms with Crippen molar-refractivity contribution >= 4 is 35.0 Å². The van der Waals surface area contributed by atoms with Gasteiger partial charge in [-0.2, -0.15) is 0 Å². The van der Waals surface area contributed by atoms with Crippen molar-refractivity contribution in [2.75, 3.05) is 26.4 Å². The number of allylic oxidation sites excluding steroid dienone is 2. The molecule has 0 unspecified atom stereocenters. The summed E-state index contributed by atoms with van der Waals surface area (Å²) in [6, 6.07) is 45.2. The monoisotopic (exact) mass is 940 g/mol. The largest absolute Gasteiger partial charge is 0.494 e. The lowest BCUT2D eigenvalue weighted by Gasteiger charge is -2.11. The minimum atomic E-state index is -0.446. The molecule has 6 rings (SSSR count). The molecular weight excluding hydrogens is 881 g/mol. The highest BCUT2D eigenvalue weighted by Gasteiger charge is 2.13. The van der Waals surface area contributed by atoms with Gasteiger partial charge in [0.2, 0.25) is 0 Å². The van der Waals surface area contributed by atoms with Gasteiger partial charge >= 0.3 is 23.9 Å². The van der Waals surface area contributed by atoms with Crippen LogP contribution in [0.4, 0.5) is 0 Å². The second-order valence-electron chi connectivity index (χ2n) is 16.5. The fourth-order valence-corrected chi connectivity index (χ4v) is 7.35. The van der Waals surface area contributed by atoms with Crippen LogP contribution in [0.1, 0.15) is 97.1 Å². The van der Waals surface area contributed by atoms with Crippen LogP contribution in [0.15, 0.2) is 171 Å². The summed E-state index contributed by atoms with van der Waals surface area (Å²) in [4.78, 5) is 48.3. The molecule has 6 aromatic carbocycles. The van der Waals surface area contributed by atoms with Crippen molar-refractivity contribution in [1.29, 1.82) is 0 Å². The number of unbranched alkanes of at least 4 members (excludes halogenated alkanes) is 6. The Balaban J connectivity index is 0.914. The first-order valence-electron chi connectivity index (χ1n) is 23.7. The maximum absolute atomic E-state index is 13.1. The molecule has 6 aromatic rings. The van der Waals surface area contributed by atoms with Gasteiger partial charge in [-0.3, -0.25) is 0 Å². The molecule has 10 nitrogen and oxygen atoms in total. The smallest absolute Gasteiger partial charge is 0.343 e. The van der Waals surface area contributed by atoms with Gasteiger partial charge in [-0.15, -0.1) is 0 Å². The van der Waals surface area contributed by atoms with Crippen LogP contribution in [-0.2, 0) is 19.1 Å². The fraction of sp³-hybridized carbons (Fsp3) is 0.233. The Morgan fingerprint density at radius 2 is 0.629 bits per heavy atom. The second kappa shape index (κ2) is 27.1. The third-order valence-electron chi connectivity index (χ3n) is 11.6. The average Bonchev–Trinajstić information content (AvgIpc) is 3.40. The standard InChI is InChI=1S/C60H60O10/c1-5-57(61)67-41-13-9-7-11-39-65-53-31-27-49(28-32-53)47-15-19-51(20-16-47)59(63)69-55-35-23-45(24-36-55)43(3)44(4)46-25-37-56(38-26-46)70-60(64)52-21-17-48(18-22-52)50-29-33-54(34-30-50)66-40-12-8-10-14-42-68-58(62)6-2/h5-6,15-38H,1-2,7-14,39-42H2,3-4H3. The third-order valence-corrected chi connectivity index (χ3v) is 11.6. The number of carbonyl (C=O) groups is 4. The first-order valence-corrected chi connectivity index (χ1v) is 23.7. The van der Waals surface area contributed by atoms with Crippen LogP contribution in [0.25, 0.3) is 33.4 Å². The molecule has 0 aliphatic rings. The van der Waals surface area contributed by atoms with Crippen molar-refractivity contribution in [2.45, 2.75) is 65.2 Å². The lowest BCUT2D eigenvalue weighted by Crippen LogP contribution is -2.08. The summed E-state index contributed by atoms with van der Waals surface area (Å²) < 4.78 is 33.2. The van der Waals surface area contributed by atoms with Crippen LogP contribution >= 0.6 is 0 Å². The van der Waals surface area contributed by atoms with E-state index in [1.807, 2.05) is 111 Å². The molecule has 0 atom stereocenters. The lowest BCUT2D eigenvalue weighted by atomic mass is 9.97. The van der Waals surface area contributed by atoms with E-state index in [9.17, 15) is 19.2 Å². The molecule has 0 heterocycles. The summed E-state index contributed by atoms with van der Waals surface area (Å²) in [6.07, 6.45) is 9.70. The lowest BCUT2D eigenvalue weighted by molar-refractivity contribution is -0.138. The van der Waals surface area contributed by atoms with Gasteiger partial charge < -0.3 is 28.4 Å². The van der Waals surface area contributed by atoms with E-state index >= 15 is 0 Å². The summed E-state index contributed by atoms with van der Waals surface area (Å²) in [5.74, 6) is 0.797. The zero-order valence-corrected chi connectivity index (χ0v) is 40.0. The van der Waals surface area contributed by atoms with Gasteiger partial charge in [-0.05, 0) is 183 Å². The molecular formula is C60H60O10. The summed E-state index contributed by atoms with van der Waals surface area (Å²) in [6.45, 7) is 12.9. The number of benzene rings is 6. The van der Waals surface area contributed by atoms with E-state index in [1.54, 1.807) is 48.5 Å². The van der Waals surface area contributed by atoms with Crippen molar-refractivity contribution in [1.82, 2.24) is 0 Å². The highest BCUT2D eigenvalue weighted by molar-refractivity contribution is 5.93. The summed E-state index contributed by atoms with van der Waals surface area (Å²) in [5, 5.41) is 0. The highest BCUT2D eigenvalue weighted by Crippen LogP contribution is 2.30. The molecule has 0 fully saturated rings. The molecule has 0 spiro atoms. The van der Waals surface area contributed by atoms with Crippen LogP contribution in [0.3, 0.4) is 0 Å². The van der Waals surface area contributed by atoms with Crippen molar-refractivity contribution in [3.63, 3.8) is 0 Å². The zero-order valence-electron chi connectivity index (χ0n) is 40.0. The van der Waals surface area contributed by atoms with Gasteiger partial charge in [0, 0.05) is 12.2 Å². The molecule has 0 aromatic heterocycles. The van der Waals surface area contributed by atoms with E-state index in [0.717, 1.165) is 107 Å². The quantitative estimate of drug-likeness (QED) is 0.0171. The van der Waals surface area contributed by atoms with Gasteiger partial charge in [-0.25, -0.2) is 19.2 Å². The zero-order chi connectivity index (χ0) is 49.5. The molecule has 0 radical (unpaired) electrons. The van der Waals surface area contributed by atoms with Crippen LogP contribution in [0.2, 0.25) is 0 Å². The third kappa shape index (κ3) is 16.1. The first kappa shape index (κ1) is 51.4. The minimum Gasteiger partial charge on any atom is -0.494 e. The second-order valence-corrected chi connectivity index (χ2v) is 16.5. The Bertz CT molecular complexity index is 2490. The number of rotatable bonds is 26. The van der Waals surface area contributed by atoms with Crippen molar-refractivity contribution < 1.29 is 47.6 Å². The number of hydrogen-bond acceptors (Lipinski definition) is 10. The fourth-order valence-electron chi connectivity index (χ4n) is 7.35. The molecule has 0 saturated heterocycles. The number of esters is 4. The molecule has 0 aliphatic heterocycles. The molecule has 0 amide bonds. The minimum absolute atomic E-state index is 0.388. The van der Waals surface area contributed by atoms with Crippen LogP contribution in [0.5, 0.6) is 23.0 Å². The normalized spacial score (nSPS) is 11.1. The van der Waals surface area contributed by atoms with E-state index in [4.69, 9.17) is 28.4 Å². The number of carbonyl (C=O) groups excluding carboxylic acids is 4. The topological polar surface area (TPSA) is 124 Å². The Kier molecular flexibility index (Phi) is 19.9. The van der Waals surface area contributed by atoms with Crippen molar-refractivity contribution in [3.8, 4) is 45.3 Å². The van der Waals surface area contributed by atoms with Crippen LogP contribution in [0, 0.1) is 0 Å². The molecule has 0 bridgehead atoms. The van der Waals surface area contributed by atoms with Crippen molar-refractivity contribution in [3.05, 3.63) is 193 Å². The molecule has 360 valence electrons. The number of hydrogen-bond donors (Lipinski definition) is 0. The summed E-state index contributed by atoms with van der Waals surface area (Å²) >= 11 is 0. The summed E-state index contributed by atoms with van der Waals surface area (Å²) in [5.41, 5.74) is 8.88. The van der Waals surface area contributed by atoms with Gasteiger partial charge in [0.25, 0.3) is 0 Å². The maximum atomic E-state index is 13.1. The Labute approximate surface area is 411 Å². The summed E-state index contributed by atoms with van der Waals surface area (Å²) in [7, 11) is 0. The molecule has 0 N–H and O–H groups in total. The van der Waals surface area contributed by atoms with E-state index in [1.165, 1.54) is 12.2 Å². The molecule has 10 heteroatoms. The van der Waals surface area contributed by atoms with Gasteiger partial charge in [0.05, 0.1) is 37.6 Å². The van der Waals surface area contributed by atoms with Gasteiger partial charge in [0.15, 0.2) is 0 Å². The van der Waals surface area contributed by atoms with E-state index in [0.29, 0.717) is 49.1 Å². The van der Waals surface area contributed by atoms with E-state index < -0.39 is 11.9 Å². The maximum Gasteiger partial charge on any atom is 0.343 e.